The first-order valence-corrected chi connectivity index (χ1v) is 8.29. The third kappa shape index (κ3) is 3.22. The number of carboxylic acid groups (broad SMARTS) is 1. The average Bonchev–Trinajstić information content (AvgIpc) is 2.90. The van der Waals surface area contributed by atoms with Gasteiger partial charge in [-0.25, -0.2) is 13.6 Å². The van der Waals surface area contributed by atoms with Gasteiger partial charge < -0.3 is 30.2 Å². The zero-order valence-electron chi connectivity index (χ0n) is 13.5. The Bertz CT molecular complexity index is 912. The predicted molar refractivity (Wildman–Crippen MR) is 89.6 cm³/mol. The van der Waals surface area contributed by atoms with Crippen LogP contribution in [0.3, 0.4) is 0 Å². The van der Waals surface area contributed by atoms with Crippen LogP contribution in [0.25, 0.3) is 0 Å². The number of aromatic nitrogens is 2. The number of rotatable bonds is 5. The van der Waals surface area contributed by atoms with Gasteiger partial charge in [-0.3, -0.25) is 0 Å². The number of aliphatic hydroxyl groups excluding tert-OH is 1. The molecule has 26 heavy (non-hydrogen) atoms. The molecule has 140 valence electrons. The first-order chi connectivity index (χ1) is 12.3. The van der Waals surface area contributed by atoms with Gasteiger partial charge in [-0.2, -0.15) is 0 Å². The molecule has 3 rings (SSSR count). The fourth-order valence-corrected chi connectivity index (χ4v) is 3.58. The molecule has 2 aromatic rings. The number of H-pyrrole nitrogens is 1. The van der Waals surface area contributed by atoms with Crippen LogP contribution in [-0.4, -0.2) is 38.9 Å². The number of carboxylic acids is 1. The van der Waals surface area contributed by atoms with E-state index >= 15 is 0 Å². The molecule has 0 radical (unpaired) electrons. The molecule has 1 aliphatic rings. The lowest BCUT2D eigenvalue weighted by molar-refractivity contribution is -0.147. The summed E-state index contributed by atoms with van der Waals surface area (Å²) in [4.78, 5) is 13.8. The summed E-state index contributed by atoms with van der Waals surface area (Å²) in [6.45, 7) is 0.251. The molecule has 1 unspecified atom stereocenters. The van der Waals surface area contributed by atoms with E-state index in [9.17, 15) is 18.7 Å². The van der Waals surface area contributed by atoms with Gasteiger partial charge in [0.1, 0.15) is 12.4 Å². The van der Waals surface area contributed by atoms with Crippen LogP contribution in [0.4, 0.5) is 8.78 Å². The Labute approximate surface area is 152 Å². The Hall–Kier alpha value is -2.30. The Morgan fingerprint density at radius 1 is 1.50 bits per heavy atom. The van der Waals surface area contributed by atoms with E-state index in [1.165, 1.54) is 6.07 Å². The largest absolute Gasteiger partial charge is 0.488 e. The standard InChI is InChI=1S/C16H17F2N3O4S/c17-8-3-7-4-9(6-25-14(7)10(18)5-8)21-11(1-2-19)12(20-16(21)26)13(22)15(23)24/h3,5,9,13,22H,1-2,4,6,19H2,(H,20,26)(H,23,24)/t9?,13-/m1/s1. The third-order valence-electron chi connectivity index (χ3n) is 4.28. The highest BCUT2D eigenvalue weighted by Crippen LogP contribution is 2.34. The smallest absolute Gasteiger partial charge is 0.338 e. The zero-order valence-corrected chi connectivity index (χ0v) is 14.4. The van der Waals surface area contributed by atoms with E-state index < -0.39 is 29.7 Å². The maximum absolute atomic E-state index is 13.8. The molecule has 0 saturated heterocycles. The number of nitrogens with zero attached hydrogens (tertiary/aromatic N) is 1. The summed E-state index contributed by atoms with van der Waals surface area (Å²) in [5.74, 6) is -2.93. The minimum Gasteiger partial charge on any atom is -0.488 e. The van der Waals surface area contributed by atoms with Gasteiger partial charge in [-0.1, -0.05) is 0 Å². The Morgan fingerprint density at radius 2 is 2.23 bits per heavy atom. The van der Waals surface area contributed by atoms with Crippen molar-refractivity contribution in [1.82, 2.24) is 9.55 Å². The number of benzene rings is 1. The van der Waals surface area contributed by atoms with Crippen molar-refractivity contribution in [1.29, 1.82) is 0 Å². The number of aliphatic hydroxyl groups is 1. The lowest BCUT2D eigenvalue weighted by atomic mass is 10.0. The number of aromatic amines is 1. The van der Waals surface area contributed by atoms with E-state index in [1.807, 2.05) is 0 Å². The van der Waals surface area contributed by atoms with Gasteiger partial charge in [0, 0.05) is 30.2 Å². The summed E-state index contributed by atoms with van der Waals surface area (Å²) >= 11 is 5.27. The van der Waals surface area contributed by atoms with Gasteiger partial charge in [-0.15, -0.1) is 0 Å². The molecule has 0 amide bonds. The van der Waals surface area contributed by atoms with Gasteiger partial charge in [0.15, 0.2) is 22.4 Å². The lowest BCUT2D eigenvalue weighted by Gasteiger charge is -2.28. The van der Waals surface area contributed by atoms with Crippen LogP contribution in [0.5, 0.6) is 5.75 Å². The first-order valence-electron chi connectivity index (χ1n) is 7.88. The van der Waals surface area contributed by atoms with Crippen LogP contribution in [0.2, 0.25) is 0 Å². The van der Waals surface area contributed by atoms with Crippen LogP contribution < -0.4 is 10.5 Å². The van der Waals surface area contributed by atoms with Gasteiger partial charge in [0.05, 0.1) is 11.7 Å². The highest BCUT2D eigenvalue weighted by atomic mass is 32.1. The van der Waals surface area contributed by atoms with E-state index in [0.717, 1.165) is 6.07 Å². The molecule has 1 aromatic carbocycles. The van der Waals surface area contributed by atoms with E-state index in [4.69, 9.17) is 27.8 Å². The molecule has 2 heterocycles. The fraction of sp³-hybridized carbons (Fsp3) is 0.375. The molecule has 0 aliphatic carbocycles. The number of ether oxygens (including phenoxy) is 1. The van der Waals surface area contributed by atoms with Crippen LogP contribution in [0.1, 0.15) is 29.1 Å². The lowest BCUT2D eigenvalue weighted by Crippen LogP contribution is -2.27. The minimum absolute atomic E-state index is 0.00382. The van der Waals surface area contributed by atoms with Crippen molar-refractivity contribution < 1.29 is 28.5 Å². The molecule has 7 nitrogen and oxygen atoms in total. The number of aliphatic carboxylic acids is 1. The van der Waals surface area contributed by atoms with E-state index in [1.54, 1.807) is 4.57 Å². The van der Waals surface area contributed by atoms with E-state index in [2.05, 4.69) is 4.98 Å². The molecular formula is C16H17F2N3O4S. The Kier molecular flexibility index (Phi) is 5.08. The second-order valence-electron chi connectivity index (χ2n) is 5.98. The quantitative estimate of drug-likeness (QED) is 0.582. The van der Waals surface area contributed by atoms with Crippen LogP contribution in [-0.2, 0) is 17.6 Å². The average molecular weight is 385 g/mol. The van der Waals surface area contributed by atoms with Crippen LogP contribution >= 0.6 is 12.2 Å². The second-order valence-corrected chi connectivity index (χ2v) is 6.37. The number of carbonyl (C=O) groups is 1. The normalized spacial score (nSPS) is 17.5. The van der Waals surface area contributed by atoms with Crippen molar-refractivity contribution in [2.24, 2.45) is 5.73 Å². The van der Waals surface area contributed by atoms with Crippen molar-refractivity contribution >= 4 is 18.2 Å². The van der Waals surface area contributed by atoms with Gasteiger partial charge in [-0.05, 0) is 24.8 Å². The Balaban J connectivity index is 2.04. The molecule has 0 bridgehead atoms. The Morgan fingerprint density at radius 3 is 2.88 bits per heavy atom. The molecule has 10 heteroatoms. The third-order valence-corrected chi connectivity index (χ3v) is 4.58. The monoisotopic (exact) mass is 385 g/mol. The first kappa shape index (κ1) is 18.5. The molecule has 1 aromatic heterocycles. The molecular weight excluding hydrogens is 368 g/mol. The molecule has 1 aliphatic heterocycles. The molecule has 0 saturated carbocycles. The molecule has 2 atom stereocenters. The number of halogens is 2. The van der Waals surface area contributed by atoms with Gasteiger partial charge >= 0.3 is 5.97 Å². The van der Waals surface area contributed by atoms with Gasteiger partial charge in [0.2, 0.25) is 0 Å². The summed E-state index contributed by atoms with van der Waals surface area (Å²) in [5.41, 5.74) is 6.43. The maximum Gasteiger partial charge on any atom is 0.338 e. The molecule has 0 spiro atoms. The van der Waals surface area contributed by atoms with Gasteiger partial charge in [0.25, 0.3) is 0 Å². The summed E-state index contributed by atoms with van der Waals surface area (Å²) in [6, 6.07) is 1.52. The van der Waals surface area contributed by atoms with Crippen molar-refractivity contribution in [3.05, 3.63) is 45.5 Å². The summed E-state index contributed by atoms with van der Waals surface area (Å²) in [6.07, 6.45) is -1.30. The highest BCUT2D eigenvalue weighted by molar-refractivity contribution is 7.71. The van der Waals surface area contributed by atoms with Crippen LogP contribution in [0.15, 0.2) is 12.1 Å². The van der Waals surface area contributed by atoms with Crippen LogP contribution in [0, 0.1) is 16.4 Å². The van der Waals surface area contributed by atoms with Crippen molar-refractivity contribution in [3.8, 4) is 5.75 Å². The molecule has 0 fully saturated rings. The zero-order chi connectivity index (χ0) is 19.0. The molecule has 5 N–H and O–H groups in total. The summed E-state index contributed by atoms with van der Waals surface area (Å²) in [5, 5.41) is 19.0. The fourth-order valence-electron chi connectivity index (χ4n) is 3.21. The number of imidazole rings is 1. The number of fused-ring (bicyclic) bond motifs is 1. The second kappa shape index (κ2) is 7.14. The summed E-state index contributed by atoms with van der Waals surface area (Å²) < 4.78 is 34.6. The minimum atomic E-state index is -1.79. The number of nitrogens with one attached hydrogen (secondary N) is 1. The topological polar surface area (TPSA) is 114 Å². The number of nitrogens with two attached hydrogens (primary N) is 1. The van der Waals surface area contributed by atoms with Crippen molar-refractivity contribution in [2.45, 2.75) is 25.0 Å². The van der Waals surface area contributed by atoms with E-state index in [-0.39, 0.29) is 42.2 Å². The van der Waals surface area contributed by atoms with Crippen molar-refractivity contribution in [2.75, 3.05) is 13.2 Å². The van der Waals surface area contributed by atoms with Crippen molar-refractivity contribution in [3.63, 3.8) is 0 Å². The number of hydrogen-bond acceptors (Lipinski definition) is 5. The predicted octanol–water partition coefficient (Wildman–Crippen LogP) is 1.62. The maximum atomic E-state index is 13.8. The highest BCUT2D eigenvalue weighted by Gasteiger charge is 2.30. The summed E-state index contributed by atoms with van der Waals surface area (Å²) in [7, 11) is 0. The number of hydrogen-bond donors (Lipinski definition) is 4. The van der Waals surface area contributed by atoms with E-state index in [0.29, 0.717) is 11.3 Å². The SMILES string of the molecule is NCCc1c([C@@H](O)C(=O)O)[nH]c(=S)n1C1COc2c(F)cc(F)cc2C1.